The van der Waals surface area contributed by atoms with Crippen molar-refractivity contribution in [3.8, 4) is 16.9 Å². The summed E-state index contributed by atoms with van der Waals surface area (Å²) >= 11 is 0. The fourth-order valence-corrected chi connectivity index (χ4v) is 3.11. The summed E-state index contributed by atoms with van der Waals surface area (Å²) in [6, 6.07) is 14.9. The van der Waals surface area contributed by atoms with Crippen LogP contribution in [0, 0.1) is 0 Å². The number of hydrogen-bond acceptors (Lipinski definition) is 4. The van der Waals surface area contributed by atoms with Gasteiger partial charge in [-0.15, -0.1) is 0 Å². The van der Waals surface area contributed by atoms with E-state index in [1.54, 1.807) is 12.1 Å². The van der Waals surface area contributed by atoms with Gasteiger partial charge in [0.1, 0.15) is 11.6 Å². The summed E-state index contributed by atoms with van der Waals surface area (Å²) in [5.41, 5.74) is 2.31. The van der Waals surface area contributed by atoms with Gasteiger partial charge in [0.05, 0.1) is 0 Å². The number of fused-ring (bicyclic) bond motifs is 1. The normalized spacial score (nSPS) is 12.9. The van der Waals surface area contributed by atoms with Gasteiger partial charge >= 0.3 is 5.69 Å². The molecule has 0 atom stereocenters. The number of nitrogens with zero attached hydrogens (tertiary/aromatic N) is 1. The number of hydrogen-bond donors (Lipinski definition) is 3. The number of aromatic amines is 1. The molecule has 0 radical (unpaired) electrons. The predicted octanol–water partition coefficient (Wildman–Crippen LogP) is 2.80. The van der Waals surface area contributed by atoms with Crippen molar-refractivity contribution in [3.05, 3.63) is 81.7 Å². The third kappa shape index (κ3) is 3.82. The average molecular weight is 357 g/mol. The monoisotopic (exact) mass is 357 g/mol. The van der Waals surface area contributed by atoms with E-state index in [1.165, 1.54) is 0 Å². The minimum atomic E-state index is -0.380. The van der Waals surface area contributed by atoms with Gasteiger partial charge in [-0.3, -0.25) is 0 Å². The summed E-state index contributed by atoms with van der Waals surface area (Å²) in [7, 11) is 0. The average Bonchev–Trinajstić information content (AvgIpc) is 2.63. The number of allylic oxidation sites excluding steroid dienone is 2. The Hall–Kier alpha value is -3.60. The van der Waals surface area contributed by atoms with Gasteiger partial charge in [0, 0.05) is 16.3 Å². The van der Waals surface area contributed by atoms with Crippen LogP contribution in [0.3, 0.4) is 0 Å². The van der Waals surface area contributed by atoms with Crippen LogP contribution in [0.4, 0.5) is 11.5 Å². The molecule has 1 aromatic heterocycles. The van der Waals surface area contributed by atoms with Crippen molar-refractivity contribution < 1.29 is 5.11 Å². The summed E-state index contributed by atoms with van der Waals surface area (Å²) < 4.78 is 0. The lowest BCUT2D eigenvalue weighted by Gasteiger charge is -2.09. The molecule has 4 rings (SSSR count). The number of nitrogens with one attached hydrogen (secondary N) is 2. The Morgan fingerprint density at radius 2 is 1.85 bits per heavy atom. The molecule has 3 aromatic rings. The molecule has 0 spiro atoms. The Labute approximate surface area is 156 Å². The van der Waals surface area contributed by atoms with Crippen LogP contribution in [0.25, 0.3) is 23.3 Å². The first-order valence-electron chi connectivity index (χ1n) is 8.83. The topological polar surface area (TPSA) is 78.0 Å². The van der Waals surface area contributed by atoms with Gasteiger partial charge in [-0.2, -0.15) is 4.98 Å². The first-order valence-corrected chi connectivity index (χ1v) is 8.83. The molecule has 0 aliphatic heterocycles. The first kappa shape index (κ1) is 16.8. The van der Waals surface area contributed by atoms with Gasteiger partial charge in [0.15, 0.2) is 0 Å². The fourth-order valence-electron chi connectivity index (χ4n) is 3.11. The van der Waals surface area contributed by atoms with E-state index in [0.29, 0.717) is 5.82 Å². The van der Waals surface area contributed by atoms with Crippen molar-refractivity contribution >= 4 is 23.7 Å². The third-order valence-electron chi connectivity index (χ3n) is 4.39. The molecule has 1 heterocycles. The fraction of sp³-hybridized carbons (Fsp3) is 0.0909. The lowest BCUT2D eigenvalue weighted by molar-refractivity contribution is 0.475. The molecule has 1 aliphatic rings. The number of H-pyrrole nitrogens is 1. The molecule has 0 saturated carbocycles. The van der Waals surface area contributed by atoms with Crippen LogP contribution < -0.4 is 21.6 Å². The number of phenolic OH excluding ortho intramolecular Hbond substituents is 1. The molecular weight excluding hydrogens is 338 g/mol. The number of anilines is 2. The minimum Gasteiger partial charge on any atom is -0.508 e. The highest BCUT2D eigenvalue weighted by Gasteiger charge is 2.05. The molecule has 5 nitrogen and oxygen atoms in total. The Bertz CT molecular complexity index is 1190. The number of benzene rings is 2. The molecule has 1 aliphatic carbocycles. The number of aromatic nitrogens is 2. The molecule has 0 saturated heterocycles. The van der Waals surface area contributed by atoms with Crippen LogP contribution in [-0.4, -0.2) is 15.1 Å². The lowest BCUT2D eigenvalue weighted by Crippen LogP contribution is -2.38. The van der Waals surface area contributed by atoms with Gasteiger partial charge < -0.3 is 15.4 Å². The molecule has 5 heteroatoms. The van der Waals surface area contributed by atoms with Crippen molar-refractivity contribution in [2.75, 3.05) is 5.32 Å². The summed E-state index contributed by atoms with van der Waals surface area (Å²) in [5.74, 6) is 0.741. The number of aromatic hydroxyl groups is 1. The number of rotatable bonds is 3. The third-order valence-corrected chi connectivity index (χ3v) is 4.39. The quantitative estimate of drug-likeness (QED) is 0.674. The van der Waals surface area contributed by atoms with Crippen molar-refractivity contribution in [2.45, 2.75) is 12.8 Å². The van der Waals surface area contributed by atoms with E-state index in [1.807, 2.05) is 54.6 Å². The van der Waals surface area contributed by atoms with E-state index in [-0.39, 0.29) is 11.4 Å². The van der Waals surface area contributed by atoms with Crippen molar-refractivity contribution in [1.82, 2.24) is 9.97 Å². The smallest absolute Gasteiger partial charge is 0.347 e. The molecule has 3 N–H and O–H groups in total. The zero-order valence-corrected chi connectivity index (χ0v) is 14.6. The maximum atomic E-state index is 12.0. The standard InChI is InChI=1S/C22H19N3O2/c26-18-10-6-8-16(14-18)15-7-5-9-17(13-15)23-21-19-11-3-1-2-4-12-20(19)24-22(27)25-21/h1,3,5-14,26H,2,4H2,(H2,23,24,25,27). The Morgan fingerprint density at radius 1 is 1.04 bits per heavy atom. The Morgan fingerprint density at radius 3 is 2.70 bits per heavy atom. The molecule has 0 amide bonds. The van der Waals surface area contributed by atoms with Gasteiger partial charge in [-0.25, -0.2) is 4.79 Å². The van der Waals surface area contributed by atoms with Crippen molar-refractivity contribution in [3.63, 3.8) is 0 Å². The first-order chi connectivity index (χ1) is 13.2. The summed E-state index contributed by atoms with van der Waals surface area (Å²) in [6.45, 7) is 0. The second kappa shape index (κ2) is 7.33. The largest absolute Gasteiger partial charge is 0.508 e. The van der Waals surface area contributed by atoms with Crippen molar-refractivity contribution in [1.29, 1.82) is 0 Å². The second-order valence-corrected chi connectivity index (χ2v) is 6.35. The van der Waals surface area contributed by atoms with Gasteiger partial charge in [-0.05, 0) is 54.3 Å². The van der Waals surface area contributed by atoms with E-state index in [4.69, 9.17) is 0 Å². The molecular formula is C22H19N3O2. The predicted molar refractivity (Wildman–Crippen MR) is 108 cm³/mol. The molecule has 0 unspecified atom stereocenters. The molecule has 27 heavy (non-hydrogen) atoms. The van der Waals surface area contributed by atoms with Crippen LogP contribution in [0.1, 0.15) is 12.8 Å². The lowest BCUT2D eigenvalue weighted by atomic mass is 10.0. The SMILES string of the molecule is O=c1nc(Nc2cccc(-c3cccc(O)c3)c2)c2c([nH]1)=CCCC=CC=2. The molecule has 134 valence electrons. The number of phenols is 1. The molecule has 0 fully saturated rings. The van der Waals surface area contributed by atoms with Gasteiger partial charge in [0.2, 0.25) is 0 Å². The highest BCUT2D eigenvalue weighted by Crippen LogP contribution is 2.26. The maximum Gasteiger partial charge on any atom is 0.347 e. The van der Waals surface area contributed by atoms with Crippen LogP contribution in [0.2, 0.25) is 0 Å². The second-order valence-electron chi connectivity index (χ2n) is 6.35. The van der Waals surface area contributed by atoms with Crippen LogP contribution >= 0.6 is 0 Å². The Balaban J connectivity index is 1.77. The molecule has 0 bridgehead atoms. The van der Waals surface area contributed by atoms with E-state index in [9.17, 15) is 9.90 Å². The zero-order chi connectivity index (χ0) is 18.6. The van der Waals surface area contributed by atoms with Crippen molar-refractivity contribution in [2.24, 2.45) is 0 Å². The molecule has 2 aromatic carbocycles. The summed E-state index contributed by atoms with van der Waals surface area (Å²) in [5, 5.41) is 14.6. The van der Waals surface area contributed by atoms with Gasteiger partial charge in [0.25, 0.3) is 0 Å². The van der Waals surface area contributed by atoms with Gasteiger partial charge in [-0.1, -0.05) is 42.5 Å². The van der Waals surface area contributed by atoms with E-state index < -0.39 is 0 Å². The maximum absolute atomic E-state index is 12.0. The van der Waals surface area contributed by atoms with E-state index in [0.717, 1.165) is 40.2 Å². The summed E-state index contributed by atoms with van der Waals surface area (Å²) in [4.78, 5) is 18.9. The van der Waals surface area contributed by atoms with Crippen LogP contribution in [0.15, 0.2) is 65.5 Å². The minimum absolute atomic E-state index is 0.223. The highest BCUT2D eigenvalue weighted by molar-refractivity contribution is 5.71. The summed E-state index contributed by atoms with van der Waals surface area (Å²) in [6.07, 6.45) is 9.86. The van der Waals surface area contributed by atoms with Crippen LogP contribution in [0.5, 0.6) is 5.75 Å². The Kier molecular flexibility index (Phi) is 4.58. The van der Waals surface area contributed by atoms with E-state index in [2.05, 4.69) is 21.4 Å². The highest BCUT2D eigenvalue weighted by atomic mass is 16.3. The van der Waals surface area contributed by atoms with E-state index >= 15 is 0 Å². The van der Waals surface area contributed by atoms with Crippen LogP contribution in [-0.2, 0) is 0 Å². The zero-order valence-electron chi connectivity index (χ0n) is 14.6.